The van der Waals surface area contributed by atoms with Gasteiger partial charge in [0.15, 0.2) is 0 Å². The fraction of sp³-hybridized carbons (Fsp3) is 0.360. The van der Waals surface area contributed by atoms with Crippen LogP contribution >= 0.6 is 11.6 Å². The molecule has 1 aromatic heterocycles. The van der Waals surface area contributed by atoms with E-state index in [1.54, 1.807) is 21.3 Å². The zero-order chi connectivity index (χ0) is 22.5. The summed E-state index contributed by atoms with van der Waals surface area (Å²) in [5.41, 5.74) is 2.83. The number of halogens is 1. The van der Waals surface area contributed by atoms with Crippen LogP contribution in [0.25, 0.3) is 5.69 Å². The van der Waals surface area contributed by atoms with E-state index in [-0.39, 0.29) is 17.6 Å². The zero-order valence-corrected chi connectivity index (χ0v) is 19.1. The van der Waals surface area contributed by atoms with E-state index >= 15 is 0 Å². The second-order valence-electron chi connectivity index (χ2n) is 8.42. The molecule has 6 nitrogen and oxygen atoms in total. The number of nitrogens with zero attached hydrogens (tertiary/aromatic N) is 3. The van der Waals surface area contributed by atoms with Crippen LogP contribution < -0.4 is 11.0 Å². The highest BCUT2D eigenvalue weighted by Crippen LogP contribution is 2.15. The fourth-order valence-electron chi connectivity index (χ4n) is 4.26. The molecule has 168 valence electrons. The Balaban J connectivity index is 1.28. The molecule has 1 amide bonds. The van der Waals surface area contributed by atoms with Crippen LogP contribution in [0.2, 0.25) is 5.02 Å². The lowest BCUT2D eigenvalue weighted by Gasteiger charge is -2.32. The molecule has 0 bridgehead atoms. The molecule has 1 N–H and O–H groups in total. The average molecular weight is 453 g/mol. The summed E-state index contributed by atoms with van der Waals surface area (Å²) < 4.78 is 3.46. The van der Waals surface area contributed by atoms with E-state index in [2.05, 4.69) is 22.3 Å². The predicted octanol–water partition coefficient (Wildman–Crippen LogP) is 3.77. The molecule has 0 saturated carbocycles. The van der Waals surface area contributed by atoms with Gasteiger partial charge in [0.25, 0.3) is 0 Å². The lowest BCUT2D eigenvalue weighted by Crippen LogP contribution is -2.45. The first-order chi connectivity index (χ1) is 15.5. The number of hydrogen-bond donors (Lipinski definition) is 1. The van der Waals surface area contributed by atoms with Crippen LogP contribution in [0.1, 0.15) is 30.5 Å². The van der Waals surface area contributed by atoms with Gasteiger partial charge in [-0.25, -0.2) is 4.79 Å². The number of aryl methyl sites for hydroxylation is 2. The average Bonchev–Trinajstić information content (AvgIpc) is 3.08. The van der Waals surface area contributed by atoms with Crippen molar-refractivity contribution in [3.8, 4) is 5.69 Å². The molecule has 32 heavy (non-hydrogen) atoms. The van der Waals surface area contributed by atoms with Crippen LogP contribution in [0.5, 0.6) is 0 Å². The van der Waals surface area contributed by atoms with Crippen molar-refractivity contribution in [1.29, 1.82) is 0 Å². The highest BCUT2D eigenvalue weighted by atomic mass is 35.5. The molecule has 1 aliphatic heterocycles. The Morgan fingerprint density at radius 3 is 2.44 bits per heavy atom. The quantitative estimate of drug-likeness (QED) is 0.593. The van der Waals surface area contributed by atoms with E-state index < -0.39 is 0 Å². The summed E-state index contributed by atoms with van der Waals surface area (Å²) in [5.74, 6) is 0.110. The van der Waals surface area contributed by atoms with Crippen molar-refractivity contribution in [3.63, 3.8) is 0 Å². The third kappa shape index (κ3) is 5.50. The highest BCUT2D eigenvalue weighted by molar-refractivity contribution is 6.30. The molecule has 1 aliphatic rings. The summed E-state index contributed by atoms with van der Waals surface area (Å²) in [6.07, 6.45) is 4.95. The van der Waals surface area contributed by atoms with E-state index in [1.165, 1.54) is 5.56 Å². The molecular formula is C25H29ClN4O2. The number of rotatable bonds is 7. The van der Waals surface area contributed by atoms with E-state index in [4.69, 9.17) is 11.6 Å². The number of carbonyl (C=O) groups is 1. The first-order valence-electron chi connectivity index (χ1n) is 11.1. The van der Waals surface area contributed by atoms with E-state index in [0.717, 1.165) is 43.7 Å². The molecule has 0 radical (unpaired) electrons. The SMILES string of the molecule is Cc1cn(CN2CCC(NC(=O)CCc3ccccc3)CC2)c(=O)n1-c1ccc(Cl)cc1. The summed E-state index contributed by atoms with van der Waals surface area (Å²) in [6.45, 7) is 4.18. The van der Waals surface area contributed by atoms with Gasteiger partial charge in [-0.3, -0.25) is 18.8 Å². The standard InChI is InChI=1S/C25H29ClN4O2/c1-19-17-29(25(32)30(19)23-10-8-21(26)9-11-23)18-28-15-13-22(14-16-28)27-24(31)12-7-20-5-3-2-4-6-20/h2-6,8-11,17,22H,7,12-16,18H2,1H3,(H,27,31). The second-order valence-corrected chi connectivity index (χ2v) is 8.86. The Kier molecular flexibility index (Phi) is 7.12. The molecule has 2 heterocycles. The minimum atomic E-state index is -0.0545. The van der Waals surface area contributed by atoms with Gasteiger partial charge < -0.3 is 5.32 Å². The molecule has 4 rings (SSSR count). The summed E-state index contributed by atoms with van der Waals surface area (Å²) in [6, 6.07) is 17.6. The summed E-state index contributed by atoms with van der Waals surface area (Å²) >= 11 is 5.98. The van der Waals surface area contributed by atoms with Crippen LogP contribution in [-0.2, 0) is 17.9 Å². The number of likely N-dealkylation sites (tertiary alicyclic amines) is 1. The Labute approximate surface area is 193 Å². The maximum Gasteiger partial charge on any atom is 0.334 e. The molecule has 0 atom stereocenters. The van der Waals surface area contributed by atoms with Gasteiger partial charge in [-0.2, -0.15) is 0 Å². The van der Waals surface area contributed by atoms with Crippen LogP contribution in [0.15, 0.2) is 65.6 Å². The van der Waals surface area contributed by atoms with Crippen LogP contribution in [0.3, 0.4) is 0 Å². The summed E-state index contributed by atoms with van der Waals surface area (Å²) in [4.78, 5) is 27.5. The first kappa shape index (κ1) is 22.4. The third-order valence-corrected chi connectivity index (χ3v) is 6.26. The minimum absolute atomic E-state index is 0.0545. The molecule has 0 spiro atoms. The van der Waals surface area contributed by atoms with Crippen LogP contribution in [-0.4, -0.2) is 39.1 Å². The number of imidazole rings is 1. The number of benzene rings is 2. The Morgan fingerprint density at radius 2 is 1.75 bits per heavy atom. The number of aromatic nitrogens is 2. The topological polar surface area (TPSA) is 59.3 Å². The van der Waals surface area contributed by atoms with Gasteiger partial charge in [0.05, 0.1) is 12.4 Å². The number of hydrogen-bond acceptors (Lipinski definition) is 3. The van der Waals surface area contributed by atoms with Gasteiger partial charge in [-0.1, -0.05) is 41.9 Å². The number of carbonyl (C=O) groups excluding carboxylic acids is 1. The van der Waals surface area contributed by atoms with Gasteiger partial charge in [0.2, 0.25) is 5.91 Å². The molecule has 0 aliphatic carbocycles. The van der Waals surface area contributed by atoms with Crippen molar-refractivity contribution >= 4 is 17.5 Å². The summed E-state index contributed by atoms with van der Waals surface area (Å²) in [7, 11) is 0. The van der Waals surface area contributed by atoms with Gasteiger partial charge >= 0.3 is 5.69 Å². The highest BCUT2D eigenvalue weighted by Gasteiger charge is 2.22. The predicted molar refractivity (Wildman–Crippen MR) is 127 cm³/mol. The van der Waals surface area contributed by atoms with Crippen molar-refractivity contribution in [2.24, 2.45) is 0 Å². The number of nitrogens with one attached hydrogen (secondary N) is 1. The normalized spacial score (nSPS) is 15.1. The third-order valence-electron chi connectivity index (χ3n) is 6.01. The minimum Gasteiger partial charge on any atom is -0.353 e. The van der Waals surface area contributed by atoms with Crippen molar-refractivity contribution < 1.29 is 4.79 Å². The number of amides is 1. The Hall–Kier alpha value is -2.83. The maximum atomic E-state index is 13.0. The molecule has 2 aromatic carbocycles. The monoisotopic (exact) mass is 452 g/mol. The zero-order valence-electron chi connectivity index (χ0n) is 18.3. The van der Waals surface area contributed by atoms with Crippen molar-refractivity contribution in [1.82, 2.24) is 19.4 Å². The van der Waals surface area contributed by atoms with Gasteiger partial charge in [0.1, 0.15) is 0 Å². The molecular weight excluding hydrogens is 424 g/mol. The van der Waals surface area contributed by atoms with Crippen molar-refractivity contribution in [2.75, 3.05) is 13.1 Å². The van der Waals surface area contributed by atoms with Crippen molar-refractivity contribution in [2.45, 2.75) is 45.3 Å². The lowest BCUT2D eigenvalue weighted by atomic mass is 10.0. The largest absolute Gasteiger partial charge is 0.353 e. The van der Waals surface area contributed by atoms with Crippen LogP contribution in [0, 0.1) is 6.92 Å². The van der Waals surface area contributed by atoms with Crippen LogP contribution in [0.4, 0.5) is 0 Å². The van der Waals surface area contributed by atoms with E-state index in [9.17, 15) is 9.59 Å². The van der Waals surface area contributed by atoms with E-state index in [1.807, 2.05) is 43.5 Å². The fourth-order valence-corrected chi connectivity index (χ4v) is 4.39. The molecule has 1 fully saturated rings. The summed E-state index contributed by atoms with van der Waals surface area (Å²) in [5, 5.41) is 3.82. The first-order valence-corrected chi connectivity index (χ1v) is 11.5. The van der Waals surface area contributed by atoms with Gasteiger partial charge in [-0.15, -0.1) is 0 Å². The molecule has 7 heteroatoms. The maximum absolute atomic E-state index is 13.0. The van der Waals surface area contributed by atoms with Gasteiger partial charge in [-0.05, 0) is 56.0 Å². The number of piperidine rings is 1. The van der Waals surface area contributed by atoms with E-state index in [0.29, 0.717) is 18.1 Å². The lowest BCUT2D eigenvalue weighted by molar-refractivity contribution is -0.122. The van der Waals surface area contributed by atoms with Gasteiger partial charge in [0, 0.05) is 42.5 Å². The molecule has 1 saturated heterocycles. The second kappa shape index (κ2) is 10.2. The molecule has 0 unspecified atom stereocenters. The van der Waals surface area contributed by atoms with Crippen molar-refractivity contribution in [3.05, 3.63) is 87.6 Å². The Morgan fingerprint density at radius 1 is 1.06 bits per heavy atom. The Bertz CT molecular complexity index is 1100. The smallest absolute Gasteiger partial charge is 0.334 e. The molecule has 3 aromatic rings.